The molecule has 0 radical (unpaired) electrons. The Balaban J connectivity index is 1.75. The SMILES string of the molecule is NC1=NC2(CCCCC2)N(c2ccc(N3CCCCCC3)c([N+](=O)[O-])c2)C(N)=N1. The zero-order valence-electron chi connectivity index (χ0n) is 16.7. The first kappa shape index (κ1) is 19.5. The van der Waals surface area contributed by atoms with Crippen LogP contribution >= 0.6 is 0 Å². The molecule has 1 aliphatic carbocycles. The molecule has 0 unspecified atom stereocenters. The van der Waals surface area contributed by atoms with Gasteiger partial charge >= 0.3 is 0 Å². The molecule has 9 nitrogen and oxygen atoms in total. The minimum absolute atomic E-state index is 0.102. The van der Waals surface area contributed by atoms with Crippen LogP contribution in [0, 0.1) is 10.1 Å². The molecule has 1 aromatic carbocycles. The summed E-state index contributed by atoms with van der Waals surface area (Å²) >= 11 is 0. The molecule has 3 aliphatic rings. The van der Waals surface area contributed by atoms with Gasteiger partial charge in [0.25, 0.3) is 5.69 Å². The van der Waals surface area contributed by atoms with Crippen LogP contribution in [0.2, 0.25) is 0 Å². The predicted molar refractivity (Wildman–Crippen MR) is 115 cm³/mol. The maximum absolute atomic E-state index is 11.9. The molecule has 29 heavy (non-hydrogen) atoms. The molecule has 156 valence electrons. The number of nitro groups is 1. The Hall–Kier alpha value is -2.84. The van der Waals surface area contributed by atoms with E-state index in [1.54, 1.807) is 6.07 Å². The number of nitrogens with zero attached hydrogens (tertiary/aromatic N) is 5. The van der Waals surface area contributed by atoms with Crippen molar-refractivity contribution in [3.63, 3.8) is 0 Å². The minimum Gasteiger partial charge on any atom is -0.369 e. The topological polar surface area (TPSA) is 126 Å². The lowest BCUT2D eigenvalue weighted by molar-refractivity contribution is -0.384. The summed E-state index contributed by atoms with van der Waals surface area (Å²) < 4.78 is 0. The van der Waals surface area contributed by atoms with Crippen molar-refractivity contribution in [2.75, 3.05) is 22.9 Å². The number of nitro benzene ring substituents is 1. The number of nitrogens with two attached hydrogens (primary N) is 2. The fraction of sp³-hybridized carbons (Fsp3) is 0.600. The molecule has 2 heterocycles. The molecule has 4 rings (SSSR count). The van der Waals surface area contributed by atoms with E-state index in [4.69, 9.17) is 11.5 Å². The van der Waals surface area contributed by atoms with Crippen molar-refractivity contribution in [3.8, 4) is 0 Å². The molecule has 0 atom stereocenters. The lowest BCUT2D eigenvalue weighted by Crippen LogP contribution is -2.58. The molecule has 2 fully saturated rings. The van der Waals surface area contributed by atoms with E-state index >= 15 is 0 Å². The molecule has 0 aromatic heterocycles. The van der Waals surface area contributed by atoms with Crippen LogP contribution in [0.25, 0.3) is 0 Å². The lowest BCUT2D eigenvalue weighted by atomic mass is 9.87. The summed E-state index contributed by atoms with van der Waals surface area (Å²) in [7, 11) is 0. The Labute approximate surface area is 170 Å². The Morgan fingerprint density at radius 1 is 1.00 bits per heavy atom. The number of hydrogen-bond acceptors (Lipinski definition) is 8. The van der Waals surface area contributed by atoms with E-state index in [-0.39, 0.29) is 22.5 Å². The summed E-state index contributed by atoms with van der Waals surface area (Å²) in [5.74, 6) is 0.424. The van der Waals surface area contributed by atoms with Gasteiger partial charge in [-0.1, -0.05) is 19.3 Å². The molecule has 1 spiro atoms. The Kier molecular flexibility index (Phi) is 5.29. The highest BCUT2D eigenvalue weighted by Crippen LogP contribution is 2.42. The average molecular weight is 399 g/mol. The van der Waals surface area contributed by atoms with Gasteiger partial charge in [0.2, 0.25) is 11.9 Å². The monoisotopic (exact) mass is 399 g/mol. The highest BCUT2D eigenvalue weighted by molar-refractivity contribution is 6.06. The second-order valence-corrected chi connectivity index (χ2v) is 8.15. The minimum atomic E-state index is -0.605. The van der Waals surface area contributed by atoms with E-state index < -0.39 is 5.66 Å². The molecule has 9 heteroatoms. The van der Waals surface area contributed by atoms with Gasteiger partial charge in [0.1, 0.15) is 11.4 Å². The van der Waals surface area contributed by atoms with Gasteiger partial charge in [-0.3, -0.25) is 15.0 Å². The first-order valence-electron chi connectivity index (χ1n) is 10.5. The predicted octanol–water partition coefficient (Wildman–Crippen LogP) is 3.09. The van der Waals surface area contributed by atoms with Crippen molar-refractivity contribution in [3.05, 3.63) is 28.3 Å². The van der Waals surface area contributed by atoms with E-state index in [0.717, 1.165) is 58.0 Å². The van der Waals surface area contributed by atoms with Gasteiger partial charge in [-0.2, -0.15) is 4.99 Å². The van der Waals surface area contributed by atoms with Crippen molar-refractivity contribution < 1.29 is 4.92 Å². The van der Waals surface area contributed by atoms with Gasteiger partial charge in [0.05, 0.1) is 10.6 Å². The van der Waals surface area contributed by atoms with Crippen molar-refractivity contribution in [2.24, 2.45) is 21.5 Å². The van der Waals surface area contributed by atoms with Crippen LogP contribution in [-0.4, -0.2) is 35.6 Å². The number of hydrogen-bond donors (Lipinski definition) is 2. The van der Waals surface area contributed by atoms with E-state index in [1.807, 2.05) is 17.0 Å². The van der Waals surface area contributed by atoms with Crippen molar-refractivity contribution >= 4 is 29.0 Å². The number of aliphatic imine (C=N–C) groups is 2. The molecule has 0 amide bonds. The molecular formula is C20H29N7O2. The van der Waals surface area contributed by atoms with Crippen LogP contribution in [0.4, 0.5) is 17.1 Å². The van der Waals surface area contributed by atoms with Gasteiger partial charge in [0, 0.05) is 19.2 Å². The molecular weight excluding hydrogens is 370 g/mol. The summed E-state index contributed by atoms with van der Waals surface area (Å²) in [4.78, 5) is 24.4. The summed E-state index contributed by atoms with van der Waals surface area (Å²) in [5, 5.41) is 11.9. The average Bonchev–Trinajstić information content (AvgIpc) is 2.97. The number of anilines is 2. The third kappa shape index (κ3) is 3.73. The summed E-state index contributed by atoms with van der Waals surface area (Å²) in [5.41, 5.74) is 13.0. The first-order chi connectivity index (χ1) is 14.0. The highest BCUT2D eigenvalue weighted by atomic mass is 16.6. The third-order valence-corrected chi connectivity index (χ3v) is 6.21. The van der Waals surface area contributed by atoms with Gasteiger partial charge in [0.15, 0.2) is 0 Å². The number of guanidine groups is 2. The zero-order chi connectivity index (χ0) is 20.4. The van der Waals surface area contributed by atoms with Crippen LogP contribution in [-0.2, 0) is 0 Å². The van der Waals surface area contributed by atoms with Gasteiger partial charge in [-0.05, 0) is 50.7 Å². The Morgan fingerprint density at radius 3 is 2.31 bits per heavy atom. The maximum Gasteiger partial charge on any atom is 0.294 e. The van der Waals surface area contributed by atoms with E-state index in [9.17, 15) is 10.1 Å². The molecule has 0 bridgehead atoms. The van der Waals surface area contributed by atoms with Crippen LogP contribution in [0.3, 0.4) is 0 Å². The standard InChI is InChI=1S/C20H29N7O2/c21-18-23-19(22)26(20(24-18)10-4-3-5-11-20)15-8-9-16(17(14-15)27(28)29)25-12-6-1-2-7-13-25/h8-9,14H,1-7,10-13H2,(H4,21,22,23,24). The molecule has 4 N–H and O–H groups in total. The van der Waals surface area contributed by atoms with Crippen LogP contribution in [0.1, 0.15) is 57.8 Å². The first-order valence-corrected chi connectivity index (χ1v) is 10.5. The van der Waals surface area contributed by atoms with Crippen LogP contribution in [0.15, 0.2) is 28.2 Å². The normalized spacial score (nSPS) is 22.1. The van der Waals surface area contributed by atoms with E-state index in [0.29, 0.717) is 11.4 Å². The van der Waals surface area contributed by atoms with Crippen molar-refractivity contribution in [1.82, 2.24) is 0 Å². The summed E-state index contributed by atoms with van der Waals surface area (Å²) in [6.07, 6.45) is 9.20. The molecule has 1 saturated carbocycles. The molecule has 2 aliphatic heterocycles. The summed E-state index contributed by atoms with van der Waals surface area (Å²) in [6, 6.07) is 5.38. The van der Waals surface area contributed by atoms with Crippen LogP contribution < -0.4 is 21.3 Å². The van der Waals surface area contributed by atoms with Crippen molar-refractivity contribution in [1.29, 1.82) is 0 Å². The third-order valence-electron chi connectivity index (χ3n) is 6.21. The Morgan fingerprint density at radius 2 is 1.66 bits per heavy atom. The van der Waals surface area contributed by atoms with E-state index in [1.165, 1.54) is 12.8 Å². The fourth-order valence-corrected chi connectivity index (χ4v) is 4.87. The second kappa shape index (κ2) is 7.88. The molecule has 1 aromatic rings. The maximum atomic E-state index is 11.9. The van der Waals surface area contributed by atoms with Gasteiger partial charge < -0.3 is 16.4 Å². The van der Waals surface area contributed by atoms with Crippen molar-refractivity contribution in [2.45, 2.75) is 63.5 Å². The second-order valence-electron chi connectivity index (χ2n) is 8.15. The highest BCUT2D eigenvalue weighted by Gasteiger charge is 2.43. The quantitative estimate of drug-likeness (QED) is 0.594. The zero-order valence-corrected chi connectivity index (χ0v) is 16.7. The number of benzene rings is 1. The molecule has 1 saturated heterocycles. The lowest BCUT2D eigenvalue weighted by Gasteiger charge is -2.45. The van der Waals surface area contributed by atoms with E-state index in [2.05, 4.69) is 14.9 Å². The largest absolute Gasteiger partial charge is 0.369 e. The van der Waals surface area contributed by atoms with Crippen LogP contribution in [0.5, 0.6) is 0 Å². The smallest absolute Gasteiger partial charge is 0.294 e. The van der Waals surface area contributed by atoms with Gasteiger partial charge in [-0.25, -0.2) is 4.99 Å². The fourth-order valence-electron chi connectivity index (χ4n) is 4.87. The summed E-state index contributed by atoms with van der Waals surface area (Å²) in [6.45, 7) is 1.69. The van der Waals surface area contributed by atoms with Gasteiger partial charge in [-0.15, -0.1) is 0 Å². The number of rotatable bonds is 3. The Bertz CT molecular complexity index is 837.